The summed E-state index contributed by atoms with van der Waals surface area (Å²) in [6, 6.07) is 0. The van der Waals surface area contributed by atoms with Crippen LogP contribution in [0, 0.1) is 6.92 Å². The lowest BCUT2D eigenvalue weighted by atomic mass is 10.3. The maximum atomic E-state index is 11.6. The molecule has 1 aliphatic carbocycles. The minimum absolute atomic E-state index is 0.0191. The zero-order valence-corrected chi connectivity index (χ0v) is 8.57. The Kier molecular flexibility index (Phi) is 1.87. The topological polar surface area (TPSA) is 42.0 Å². The van der Waals surface area contributed by atoms with Crippen LogP contribution in [-0.2, 0) is 0 Å². The van der Waals surface area contributed by atoms with E-state index in [1.165, 1.54) is 11.3 Å². The fourth-order valence-corrected chi connectivity index (χ4v) is 1.79. The molecule has 1 saturated carbocycles. The Morgan fingerprint density at radius 3 is 2.85 bits per heavy atom. The second-order valence-electron chi connectivity index (χ2n) is 3.76. The Balaban J connectivity index is 2.05. The lowest BCUT2D eigenvalue weighted by molar-refractivity contribution is 0.0939. The number of rotatable bonds is 2. The van der Waals surface area contributed by atoms with Crippen molar-refractivity contribution >= 4 is 17.2 Å². The number of aromatic nitrogens is 1. The first-order valence-corrected chi connectivity index (χ1v) is 5.16. The predicted molar refractivity (Wildman–Crippen MR) is 52.0 cm³/mol. The van der Waals surface area contributed by atoms with E-state index in [4.69, 9.17) is 0 Å². The molecular weight excluding hydrogens is 184 g/mol. The molecule has 1 fully saturated rings. The van der Waals surface area contributed by atoms with E-state index >= 15 is 0 Å². The van der Waals surface area contributed by atoms with Crippen molar-refractivity contribution in [2.75, 3.05) is 0 Å². The molecule has 1 aliphatic rings. The zero-order chi connectivity index (χ0) is 9.47. The van der Waals surface area contributed by atoms with Gasteiger partial charge in [0.1, 0.15) is 4.88 Å². The SMILES string of the molecule is Cc1ncc(C(=O)NC2(C)CC2)s1. The number of nitrogens with one attached hydrogen (secondary N) is 1. The Bertz CT molecular complexity index is 341. The number of thiazole rings is 1. The van der Waals surface area contributed by atoms with Gasteiger partial charge in [-0.25, -0.2) is 4.98 Å². The van der Waals surface area contributed by atoms with Crippen LogP contribution in [0.2, 0.25) is 0 Å². The highest BCUT2D eigenvalue weighted by Gasteiger charge is 2.39. The summed E-state index contributed by atoms with van der Waals surface area (Å²) in [6.45, 7) is 3.97. The molecule has 0 unspecified atom stereocenters. The van der Waals surface area contributed by atoms with Crippen LogP contribution >= 0.6 is 11.3 Å². The number of aryl methyl sites for hydroxylation is 1. The lowest BCUT2D eigenvalue weighted by Crippen LogP contribution is -2.33. The smallest absolute Gasteiger partial charge is 0.263 e. The number of amides is 1. The maximum absolute atomic E-state index is 11.6. The summed E-state index contributed by atoms with van der Waals surface area (Å²) in [5, 5.41) is 3.93. The van der Waals surface area contributed by atoms with Crippen molar-refractivity contribution in [1.29, 1.82) is 0 Å². The molecule has 2 rings (SSSR count). The minimum Gasteiger partial charge on any atom is -0.346 e. The van der Waals surface area contributed by atoms with Gasteiger partial charge in [0.05, 0.1) is 11.2 Å². The Labute approximate surface area is 81.2 Å². The molecule has 1 heterocycles. The summed E-state index contributed by atoms with van der Waals surface area (Å²) in [7, 11) is 0. The molecule has 0 aromatic carbocycles. The fourth-order valence-electron chi connectivity index (χ4n) is 1.11. The fraction of sp³-hybridized carbons (Fsp3) is 0.556. The number of hydrogen-bond acceptors (Lipinski definition) is 3. The minimum atomic E-state index is 0.0191. The van der Waals surface area contributed by atoms with Crippen molar-refractivity contribution in [1.82, 2.24) is 10.3 Å². The molecule has 70 valence electrons. The van der Waals surface area contributed by atoms with Crippen LogP contribution in [-0.4, -0.2) is 16.4 Å². The molecule has 13 heavy (non-hydrogen) atoms. The molecule has 0 spiro atoms. The molecule has 0 radical (unpaired) electrons. The van der Waals surface area contributed by atoms with E-state index in [0.717, 1.165) is 17.8 Å². The third-order valence-electron chi connectivity index (χ3n) is 2.26. The highest BCUT2D eigenvalue weighted by molar-refractivity contribution is 7.13. The van der Waals surface area contributed by atoms with Gasteiger partial charge in [0.15, 0.2) is 0 Å². The molecule has 1 N–H and O–H groups in total. The van der Waals surface area contributed by atoms with Crippen molar-refractivity contribution in [3.05, 3.63) is 16.1 Å². The van der Waals surface area contributed by atoms with E-state index in [1.807, 2.05) is 6.92 Å². The second-order valence-corrected chi connectivity index (χ2v) is 4.99. The number of carbonyl (C=O) groups excluding carboxylic acids is 1. The normalized spacial score (nSPS) is 18.3. The van der Waals surface area contributed by atoms with Gasteiger partial charge in [-0.15, -0.1) is 11.3 Å². The van der Waals surface area contributed by atoms with Gasteiger partial charge in [-0.1, -0.05) is 0 Å². The van der Waals surface area contributed by atoms with E-state index in [0.29, 0.717) is 4.88 Å². The molecule has 1 aromatic heterocycles. The summed E-state index contributed by atoms with van der Waals surface area (Å²) in [5.41, 5.74) is 0.0645. The van der Waals surface area contributed by atoms with Crippen LogP contribution in [0.1, 0.15) is 34.4 Å². The molecule has 0 aliphatic heterocycles. The van der Waals surface area contributed by atoms with Gasteiger partial charge in [-0.2, -0.15) is 0 Å². The van der Waals surface area contributed by atoms with Crippen molar-refractivity contribution in [3.8, 4) is 0 Å². The monoisotopic (exact) mass is 196 g/mol. The van der Waals surface area contributed by atoms with E-state index in [-0.39, 0.29) is 11.4 Å². The summed E-state index contributed by atoms with van der Waals surface area (Å²) >= 11 is 1.44. The third kappa shape index (κ3) is 1.88. The molecule has 1 amide bonds. The Morgan fingerprint density at radius 2 is 2.38 bits per heavy atom. The molecule has 0 saturated heterocycles. The average molecular weight is 196 g/mol. The lowest BCUT2D eigenvalue weighted by Gasteiger charge is -2.09. The summed E-state index contributed by atoms with van der Waals surface area (Å²) in [4.78, 5) is 16.3. The van der Waals surface area contributed by atoms with Crippen molar-refractivity contribution in [3.63, 3.8) is 0 Å². The highest BCUT2D eigenvalue weighted by atomic mass is 32.1. The molecule has 0 bridgehead atoms. The van der Waals surface area contributed by atoms with Gasteiger partial charge < -0.3 is 5.32 Å². The van der Waals surface area contributed by atoms with E-state index in [1.54, 1.807) is 6.20 Å². The van der Waals surface area contributed by atoms with Crippen LogP contribution in [0.15, 0.2) is 6.20 Å². The van der Waals surface area contributed by atoms with Gasteiger partial charge in [-0.05, 0) is 26.7 Å². The number of carbonyl (C=O) groups is 1. The Morgan fingerprint density at radius 1 is 1.69 bits per heavy atom. The van der Waals surface area contributed by atoms with Crippen LogP contribution in [0.5, 0.6) is 0 Å². The quantitative estimate of drug-likeness (QED) is 0.782. The first-order chi connectivity index (χ1) is 6.09. The Hall–Kier alpha value is -0.900. The number of hydrogen-bond donors (Lipinski definition) is 1. The van der Waals surface area contributed by atoms with Gasteiger partial charge in [0.2, 0.25) is 0 Å². The third-order valence-corrected chi connectivity index (χ3v) is 3.17. The molecule has 3 nitrogen and oxygen atoms in total. The first-order valence-electron chi connectivity index (χ1n) is 4.34. The van der Waals surface area contributed by atoms with Crippen LogP contribution in [0.25, 0.3) is 0 Å². The summed E-state index contributed by atoms with van der Waals surface area (Å²) < 4.78 is 0. The number of nitrogens with zero attached hydrogens (tertiary/aromatic N) is 1. The van der Waals surface area contributed by atoms with Gasteiger partial charge in [0, 0.05) is 5.54 Å². The summed E-state index contributed by atoms with van der Waals surface area (Å²) in [6.07, 6.45) is 3.83. The van der Waals surface area contributed by atoms with Crippen molar-refractivity contribution in [2.45, 2.75) is 32.2 Å². The van der Waals surface area contributed by atoms with E-state index in [9.17, 15) is 4.79 Å². The first kappa shape index (κ1) is 8.69. The molecule has 4 heteroatoms. The maximum Gasteiger partial charge on any atom is 0.263 e. The van der Waals surface area contributed by atoms with Crippen LogP contribution in [0.4, 0.5) is 0 Å². The van der Waals surface area contributed by atoms with Gasteiger partial charge in [0.25, 0.3) is 5.91 Å². The molecular formula is C9H12N2OS. The van der Waals surface area contributed by atoms with E-state index in [2.05, 4.69) is 17.2 Å². The van der Waals surface area contributed by atoms with E-state index < -0.39 is 0 Å². The highest BCUT2D eigenvalue weighted by Crippen LogP contribution is 2.34. The standard InChI is InChI=1S/C9H12N2OS/c1-6-10-5-7(13-6)8(12)11-9(2)3-4-9/h5H,3-4H2,1-2H3,(H,11,12). The van der Waals surface area contributed by atoms with Crippen molar-refractivity contribution < 1.29 is 4.79 Å². The van der Waals surface area contributed by atoms with Gasteiger partial charge in [-0.3, -0.25) is 4.79 Å². The molecule has 0 atom stereocenters. The van der Waals surface area contributed by atoms with Crippen molar-refractivity contribution in [2.24, 2.45) is 0 Å². The second kappa shape index (κ2) is 2.80. The van der Waals surface area contributed by atoms with Crippen LogP contribution < -0.4 is 5.32 Å². The summed E-state index contributed by atoms with van der Waals surface area (Å²) in [5.74, 6) is 0.0191. The van der Waals surface area contributed by atoms with Gasteiger partial charge >= 0.3 is 0 Å². The average Bonchev–Trinajstić information content (AvgIpc) is 2.62. The zero-order valence-electron chi connectivity index (χ0n) is 7.76. The molecule has 1 aromatic rings. The predicted octanol–water partition coefficient (Wildman–Crippen LogP) is 1.73. The van der Waals surface area contributed by atoms with Crippen LogP contribution in [0.3, 0.4) is 0 Å². The largest absolute Gasteiger partial charge is 0.346 e.